The summed E-state index contributed by atoms with van der Waals surface area (Å²) in [6.45, 7) is 4.14. The molecule has 1 saturated heterocycles. The smallest absolute Gasteiger partial charge is 0.271 e. The van der Waals surface area contributed by atoms with Crippen LogP contribution in [0.15, 0.2) is 18.5 Å². The largest absolute Gasteiger partial charge is 0.377 e. The number of fused-ring (bicyclic) bond motifs is 1. The van der Waals surface area contributed by atoms with Crippen LogP contribution in [0, 0.1) is 10.1 Å². The number of nitro groups is 1. The van der Waals surface area contributed by atoms with Gasteiger partial charge < -0.3 is 9.64 Å². The van der Waals surface area contributed by atoms with Gasteiger partial charge in [-0.05, 0) is 13.3 Å². The number of ether oxygens (including phenoxy) is 1. The van der Waals surface area contributed by atoms with Gasteiger partial charge in [0.25, 0.3) is 5.69 Å². The summed E-state index contributed by atoms with van der Waals surface area (Å²) in [6, 6.07) is 2.79. The highest BCUT2D eigenvalue weighted by atomic mass is 35.5. The van der Waals surface area contributed by atoms with E-state index in [1.165, 1.54) is 18.5 Å². The van der Waals surface area contributed by atoms with Crippen molar-refractivity contribution in [2.45, 2.75) is 19.4 Å². The molecule has 1 aliphatic heterocycles. The standard InChI is InChI=1S/C14H15ClN4O3/c1-9-7-18(3-2-4-22-9)14-11-5-10(19(20)21)6-12(15)13(11)16-8-17-14/h5-6,8-9H,2-4,7H2,1H3. The molecule has 1 atom stereocenters. The van der Waals surface area contributed by atoms with Crippen LogP contribution in [0.3, 0.4) is 0 Å². The summed E-state index contributed by atoms with van der Waals surface area (Å²) in [7, 11) is 0. The Bertz CT molecular complexity index is 725. The zero-order valence-corrected chi connectivity index (χ0v) is 12.8. The minimum absolute atomic E-state index is 0.0623. The molecular weight excluding hydrogens is 308 g/mol. The van der Waals surface area contributed by atoms with Crippen LogP contribution in [-0.4, -0.2) is 40.7 Å². The van der Waals surface area contributed by atoms with E-state index in [4.69, 9.17) is 16.3 Å². The molecule has 116 valence electrons. The Labute approximate surface area is 132 Å². The van der Waals surface area contributed by atoms with Crippen LogP contribution in [0.2, 0.25) is 5.02 Å². The van der Waals surface area contributed by atoms with Gasteiger partial charge in [-0.2, -0.15) is 0 Å². The topological polar surface area (TPSA) is 81.4 Å². The number of nitro benzene ring substituents is 1. The van der Waals surface area contributed by atoms with Gasteiger partial charge in [-0.25, -0.2) is 9.97 Å². The van der Waals surface area contributed by atoms with E-state index < -0.39 is 4.92 Å². The van der Waals surface area contributed by atoms with E-state index in [0.29, 0.717) is 29.9 Å². The van der Waals surface area contributed by atoms with E-state index in [9.17, 15) is 10.1 Å². The molecular formula is C14H15ClN4O3. The quantitative estimate of drug-likeness (QED) is 0.624. The van der Waals surface area contributed by atoms with Gasteiger partial charge in [0, 0.05) is 31.8 Å². The molecule has 0 saturated carbocycles. The first-order chi connectivity index (χ1) is 10.6. The van der Waals surface area contributed by atoms with Crippen LogP contribution in [0.1, 0.15) is 13.3 Å². The van der Waals surface area contributed by atoms with Gasteiger partial charge in [-0.3, -0.25) is 10.1 Å². The van der Waals surface area contributed by atoms with Gasteiger partial charge in [0.05, 0.1) is 27.0 Å². The van der Waals surface area contributed by atoms with Gasteiger partial charge in [0.1, 0.15) is 12.1 Å². The molecule has 0 radical (unpaired) electrons. The predicted molar refractivity (Wildman–Crippen MR) is 83.4 cm³/mol. The third-order valence-electron chi connectivity index (χ3n) is 3.62. The number of benzene rings is 1. The number of halogens is 1. The van der Waals surface area contributed by atoms with Gasteiger partial charge in [-0.1, -0.05) is 11.6 Å². The average Bonchev–Trinajstić information content (AvgIpc) is 2.71. The Hall–Kier alpha value is -1.99. The first kappa shape index (κ1) is 14.9. The molecule has 7 nitrogen and oxygen atoms in total. The van der Waals surface area contributed by atoms with Gasteiger partial charge in [0.15, 0.2) is 0 Å². The number of non-ortho nitro benzene ring substituents is 1. The van der Waals surface area contributed by atoms with E-state index in [1.807, 2.05) is 6.92 Å². The monoisotopic (exact) mass is 322 g/mol. The molecule has 1 aromatic carbocycles. The maximum Gasteiger partial charge on any atom is 0.271 e. The molecule has 8 heteroatoms. The van der Waals surface area contributed by atoms with Crippen LogP contribution < -0.4 is 4.90 Å². The molecule has 1 aliphatic rings. The fraction of sp³-hybridized carbons (Fsp3) is 0.429. The highest BCUT2D eigenvalue weighted by Crippen LogP contribution is 2.32. The first-order valence-electron chi connectivity index (χ1n) is 7.01. The molecule has 0 N–H and O–H groups in total. The van der Waals surface area contributed by atoms with E-state index in [2.05, 4.69) is 14.9 Å². The maximum absolute atomic E-state index is 11.1. The fourth-order valence-corrected chi connectivity index (χ4v) is 2.90. The van der Waals surface area contributed by atoms with E-state index in [0.717, 1.165) is 13.0 Å². The minimum atomic E-state index is -0.462. The summed E-state index contributed by atoms with van der Waals surface area (Å²) in [5.74, 6) is 0.660. The summed E-state index contributed by atoms with van der Waals surface area (Å²) in [6.07, 6.45) is 2.38. The minimum Gasteiger partial charge on any atom is -0.377 e. The van der Waals surface area contributed by atoms with Gasteiger partial charge in [0.2, 0.25) is 0 Å². The van der Waals surface area contributed by atoms with Crippen LogP contribution >= 0.6 is 11.6 Å². The lowest BCUT2D eigenvalue weighted by Gasteiger charge is -2.24. The zero-order chi connectivity index (χ0) is 15.7. The number of nitrogens with zero attached hydrogens (tertiary/aromatic N) is 4. The second-order valence-electron chi connectivity index (χ2n) is 5.26. The van der Waals surface area contributed by atoms with Crippen LogP contribution in [0.5, 0.6) is 0 Å². The molecule has 1 fully saturated rings. The number of rotatable bonds is 2. The molecule has 2 aromatic rings. The first-order valence-corrected chi connectivity index (χ1v) is 7.39. The highest BCUT2D eigenvalue weighted by Gasteiger charge is 2.21. The Morgan fingerprint density at radius 3 is 3.05 bits per heavy atom. The van der Waals surface area contributed by atoms with Gasteiger partial charge >= 0.3 is 0 Å². The molecule has 0 amide bonds. The van der Waals surface area contributed by atoms with E-state index in [1.54, 1.807) is 0 Å². The van der Waals surface area contributed by atoms with Crippen LogP contribution in [0.4, 0.5) is 11.5 Å². The lowest BCUT2D eigenvalue weighted by Crippen LogP contribution is -2.31. The Kier molecular flexibility index (Phi) is 4.08. The summed E-state index contributed by atoms with van der Waals surface area (Å²) < 4.78 is 5.63. The Balaban J connectivity index is 2.14. The van der Waals surface area contributed by atoms with E-state index >= 15 is 0 Å². The molecule has 3 rings (SSSR count). The zero-order valence-electron chi connectivity index (χ0n) is 12.0. The lowest BCUT2D eigenvalue weighted by molar-refractivity contribution is -0.384. The third-order valence-corrected chi connectivity index (χ3v) is 3.91. The SMILES string of the molecule is CC1CN(c2ncnc3c(Cl)cc([N+](=O)[O-])cc23)CCCO1. The van der Waals surface area contributed by atoms with Crippen LogP contribution in [0.25, 0.3) is 10.9 Å². The lowest BCUT2D eigenvalue weighted by atomic mass is 10.2. The molecule has 0 aliphatic carbocycles. The number of hydrogen-bond acceptors (Lipinski definition) is 6. The molecule has 0 bridgehead atoms. The number of anilines is 1. The van der Waals surface area contributed by atoms with Crippen molar-refractivity contribution >= 4 is 34.0 Å². The summed E-state index contributed by atoms with van der Waals surface area (Å²) in [5, 5.41) is 11.9. The van der Waals surface area contributed by atoms with Crippen molar-refractivity contribution in [2.24, 2.45) is 0 Å². The summed E-state index contributed by atoms with van der Waals surface area (Å²) in [5.41, 5.74) is 0.461. The van der Waals surface area contributed by atoms with Crippen molar-refractivity contribution in [3.63, 3.8) is 0 Å². The number of aromatic nitrogens is 2. The summed E-state index contributed by atoms with van der Waals surface area (Å²) >= 11 is 6.14. The van der Waals surface area contributed by atoms with Crippen molar-refractivity contribution in [1.82, 2.24) is 9.97 Å². The molecule has 22 heavy (non-hydrogen) atoms. The highest BCUT2D eigenvalue weighted by molar-refractivity contribution is 6.35. The molecule has 2 heterocycles. The van der Waals surface area contributed by atoms with Crippen molar-refractivity contribution in [1.29, 1.82) is 0 Å². The second kappa shape index (κ2) is 6.02. The van der Waals surface area contributed by atoms with E-state index in [-0.39, 0.29) is 16.8 Å². The van der Waals surface area contributed by atoms with Crippen LogP contribution in [-0.2, 0) is 4.74 Å². The van der Waals surface area contributed by atoms with Crippen molar-refractivity contribution < 1.29 is 9.66 Å². The average molecular weight is 323 g/mol. The maximum atomic E-state index is 11.1. The summed E-state index contributed by atoms with van der Waals surface area (Å²) in [4.78, 5) is 21.2. The molecule has 0 spiro atoms. The second-order valence-corrected chi connectivity index (χ2v) is 5.67. The Morgan fingerprint density at radius 2 is 2.27 bits per heavy atom. The Morgan fingerprint density at radius 1 is 1.45 bits per heavy atom. The fourth-order valence-electron chi connectivity index (χ4n) is 2.64. The van der Waals surface area contributed by atoms with Crippen molar-refractivity contribution in [3.05, 3.63) is 33.6 Å². The normalized spacial score (nSPS) is 19.2. The van der Waals surface area contributed by atoms with Gasteiger partial charge in [-0.15, -0.1) is 0 Å². The molecule has 1 aromatic heterocycles. The van der Waals surface area contributed by atoms with Crippen molar-refractivity contribution in [3.8, 4) is 0 Å². The molecule has 1 unspecified atom stereocenters. The number of hydrogen-bond donors (Lipinski definition) is 0. The van der Waals surface area contributed by atoms with Crippen molar-refractivity contribution in [2.75, 3.05) is 24.6 Å². The third kappa shape index (κ3) is 2.82. The predicted octanol–water partition coefficient (Wildman–Crippen LogP) is 2.81.